The van der Waals surface area contributed by atoms with Gasteiger partial charge in [0, 0.05) is 12.5 Å². The molecule has 2 fully saturated rings. The van der Waals surface area contributed by atoms with Gasteiger partial charge in [0.15, 0.2) is 0 Å². The summed E-state index contributed by atoms with van der Waals surface area (Å²) < 4.78 is 16.9. The van der Waals surface area contributed by atoms with Gasteiger partial charge in [-0.1, -0.05) is 56.2 Å². The molecule has 4 rings (SSSR count). The van der Waals surface area contributed by atoms with Crippen molar-refractivity contribution < 1.29 is 28.9 Å². The minimum atomic E-state index is -1.16. The summed E-state index contributed by atoms with van der Waals surface area (Å²) in [5.74, 6) is -0.136. The predicted octanol–water partition coefficient (Wildman–Crippen LogP) is 5.36. The van der Waals surface area contributed by atoms with Crippen molar-refractivity contribution in [2.24, 2.45) is 11.8 Å². The Kier molecular flexibility index (Phi) is 8.75. The molecule has 1 saturated carbocycles. The quantitative estimate of drug-likeness (QED) is 0.343. The highest BCUT2D eigenvalue weighted by Crippen LogP contribution is 2.53. The number of aryl methyl sites for hydroxylation is 1. The van der Waals surface area contributed by atoms with Crippen LogP contribution in [0, 0.1) is 18.8 Å². The van der Waals surface area contributed by atoms with Crippen LogP contribution >= 0.6 is 0 Å². The van der Waals surface area contributed by atoms with E-state index in [2.05, 4.69) is 6.92 Å². The van der Waals surface area contributed by atoms with E-state index in [1.807, 2.05) is 55.5 Å². The summed E-state index contributed by atoms with van der Waals surface area (Å²) in [6.45, 7) is 7.14. The fraction of sp³-hybridized carbons (Fsp3) is 0.533. The first-order valence-electron chi connectivity index (χ1n) is 13.5. The molecule has 1 N–H and O–H groups in total. The van der Waals surface area contributed by atoms with Crippen LogP contribution < -0.4 is 4.74 Å². The molecule has 0 aromatic heterocycles. The fourth-order valence-electron chi connectivity index (χ4n) is 5.84. The number of benzene rings is 2. The van der Waals surface area contributed by atoms with Gasteiger partial charge in [-0.25, -0.2) is 9.59 Å². The summed E-state index contributed by atoms with van der Waals surface area (Å²) in [4.78, 5) is 27.6. The SMILES string of the molecule is CCCCCOc1ccc(C2(O)CC[C@@H]3[C@@H](C(=O)OCC)N(C(=O)OCc4ccccc4)C[C@@H]32)cc1C. The summed E-state index contributed by atoms with van der Waals surface area (Å²) in [6, 6.07) is 14.5. The number of hydrogen-bond acceptors (Lipinski definition) is 6. The third kappa shape index (κ3) is 5.77. The second kappa shape index (κ2) is 12.0. The molecule has 1 aliphatic heterocycles. The topological polar surface area (TPSA) is 85.3 Å². The molecule has 2 aliphatic rings. The number of unbranched alkanes of at least 4 members (excludes halogenated alkanes) is 2. The maximum Gasteiger partial charge on any atom is 0.410 e. The molecule has 2 aromatic rings. The molecule has 1 aliphatic carbocycles. The summed E-state index contributed by atoms with van der Waals surface area (Å²) >= 11 is 0. The number of carbonyl (C=O) groups is 2. The van der Waals surface area contributed by atoms with Crippen molar-refractivity contribution in [3.05, 3.63) is 65.2 Å². The molecule has 7 nitrogen and oxygen atoms in total. The van der Waals surface area contributed by atoms with Crippen molar-refractivity contribution >= 4 is 12.1 Å². The number of nitrogens with zero attached hydrogens (tertiary/aromatic N) is 1. The zero-order valence-corrected chi connectivity index (χ0v) is 22.2. The number of aliphatic hydroxyl groups is 1. The minimum Gasteiger partial charge on any atom is -0.493 e. The summed E-state index contributed by atoms with van der Waals surface area (Å²) in [5, 5.41) is 12.0. The van der Waals surface area contributed by atoms with Crippen LogP contribution in [0.25, 0.3) is 0 Å². The molecule has 1 heterocycles. The number of amides is 1. The molecule has 1 unspecified atom stereocenters. The molecule has 4 atom stereocenters. The highest BCUT2D eigenvalue weighted by Gasteiger charge is 2.60. The second-order valence-electron chi connectivity index (χ2n) is 10.2. The van der Waals surface area contributed by atoms with E-state index in [1.54, 1.807) is 6.92 Å². The van der Waals surface area contributed by atoms with Gasteiger partial charge < -0.3 is 19.3 Å². The highest BCUT2D eigenvalue weighted by atomic mass is 16.6. The van der Waals surface area contributed by atoms with E-state index in [4.69, 9.17) is 14.2 Å². The number of ether oxygens (including phenoxy) is 3. The van der Waals surface area contributed by atoms with Crippen LogP contribution in [0.5, 0.6) is 5.75 Å². The minimum absolute atomic E-state index is 0.115. The Bertz CT molecular complexity index is 1070. The third-order valence-corrected chi connectivity index (χ3v) is 7.77. The van der Waals surface area contributed by atoms with E-state index in [0.29, 0.717) is 19.4 Å². The van der Waals surface area contributed by atoms with Gasteiger partial charge >= 0.3 is 12.1 Å². The Morgan fingerprint density at radius 3 is 2.57 bits per heavy atom. The first kappa shape index (κ1) is 27.0. The molecular formula is C30H39NO6. The van der Waals surface area contributed by atoms with Crippen LogP contribution in [0.15, 0.2) is 48.5 Å². The third-order valence-electron chi connectivity index (χ3n) is 7.77. The molecule has 2 aromatic carbocycles. The van der Waals surface area contributed by atoms with E-state index < -0.39 is 23.7 Å². The smallest absolute Gasteiger partial charge is 0.410 e. The number of rotatable bonds is 10. The highest BCUT2D eigenvalue weighted by molar-refractivity contribution is 5.83. The van der Waals surface area contributed by atoms with Gasteiger partial charge in [-0.2, -0.15) is 0 Å². The molecular weight excluding hydrogens is 470 g/mol. The molecule has 7 heteroatoms. The van der Waals surface area contributed by atoms with Crippen LogP contribution in [0.1, 0.15) is 62.6 Å². The van der Waals surface area contributed by atoms with E-state index in [9.17, 15) is 14.7 Å². The normalized spacial score (nSPS) is 24.5. The lowest BCUT2D eigenvalue weighted by Crippen LogP contribution is -2.44. The number of hydrogen-bond donors (Lipinski definition) is 1. The van der Waals surface area contributed by atoms with E-state index >= 15 is 0 Å². The maximum absolute atomic E-state index is 13.2. The molecule has 1 saturated heterocycles. The van der Waals surface area contributed by atoms with Crippen molar-refractivity contribution in [2.75, 3.05) is 19.8 Å². The monoisotopic (exact) mass is 509 g/mol. The number of carbonyl (C=O) groups excluding carboxylic acids is 2. The summed E-state index contributed by atoms with van der Waals surface area (Å²) in [6.07, 6.45) is 3.84. The Morgan fingerprint density at radius 1 is 1.08 bits per heavy atom. The van der Waals surface area contributed by atoms with Crippen LogP contribution in [0.3, 0.4) is 0 Å². The molecule has 0 radical (unpaired) electrons. The lowest BCUT2D eigenvalue weighted by Gasteiger charge is -2.31. The zero-order chi connectivity index (χ0) is 26.4. The number of likely N-dealkylation sites (tertiary alicyclic amines) is 1. The Morgan fingerprint density at radius 2 is 1.86 bits per heavy atom. The van der Waals surface area contributed by atoms with Crippen LogP contribution in [0.2, 0.25) is 0 Å². The molecule has 37 heavy (non-hydrogen) atoms. The van der Waals surface area contributed by atoms with E-state index in [-0.39, 0.29) is 31.6 Å². The van der Waals surface area contributed by atoms with Crippen molar-refractivity contribution in [2.45, 2.75) is 71.1 Å². The summed E-state index contributed by atoms with van der Waals surface area (Å²) in [7, 11) is 0. The van der Waals surface area contributed by atoms with Crippen molar-refractivity contribution in [1.82, 2.24) is 4.90 Å². The Hall–Kier alpha value is -3.06. The van der Waals surface area contributed by atoms with Gasteiger partial charge in [0.1, 0.15) is 18.4 Å². The van der Waals surface area contributed by atoms with Crippen molar-refractivity contribution in [3.8, 4) is 5.75 Å². The average Bonchev–Trinajstić information content (AvgIpc) is 3.45. The molecule has 0 spiro atoms. The van der Waals surface area contributed by atoms with Crippen molar-refractivity contribution in [3.63, 3.8) is 0 Å². The van der Waals surface area contributed by atoms with Gasteiger partial charge in [-0.05, 0) is 67.9 Å². The van der Waals surface area contributed by atoms with Gasteiger partial charge in [0.05, 0.1) is 18.8 Å². The number of fused-ring (bicyclic) bond motifs is 1. The van der Waals surface area contributed by atoms with Gasteiger partial charge in [0.25, 0.3) is 0 Å². The van der Waals surface area contributed by atoms with Crippen LogP contribution in [-0.4, -0.2) is 47.9 Å². The van der Waals surface area contributed by atoms with Crippen LogP contribution in [-0.2, 0) is 26.5 Å². The average molecular weight is 510 g/mol. The number of esters is 1. The first-order chi connectivity index (χ1) is 17.9. The Balaban J connectivity index is 1.52. The lowest BCUT2D eigenvalue weighted by molar-refractivity contribution is -0.149. The lowest BCUT2D eigenvalue weighted by atomic mass is 9.80. The fourth-order valence-corrected chi connectivity index (χ4v) is 5.84. The standard InChI is InChI=1S/C30H39NO6/c1-4-6-10-17-36-26-14-13-23(18-21(26)3)30(34)16-15-24-25(30)19-31(27(24)28(32)35-5-2)29(33)37-20-22-11-8-7-9-12-22/h7-9,11-14,18,24-25,27,34H,4-6,10,15-17,19-20H2,1-3H3/t24-,25-,27-,30?/m0/s1. The van der Waals surface area contributed by atoms with Gasteiger partial charge in [-0.15, -0.1) is 0 Å². The van der Waals surface area contributed by atoms with E-state index in [0.717, 1.165) is 41.7 Å². The Labute approximate surface area is 219 Å². The second-order valence-corrected chi connectivity index (χ2v) is 10.2. The van der Waals surface area contributed by atoms with E-state index in [1.165, 1.54) is 4.90 Å². The largest absolute Gasteiger partial charge is 0.493 e. The molecule has 200 valence electrons. The van der Waals surface area contributed by atoms with Crippen molar-refractivity contribution in [1.29, 1.82) is 0 Å². The van der Waals surface area contributed by atoms with Gasteiger partial charge in [0.2, 0.25) is 0 Å². The first-order valence-corrected chi connectivity index (χ1v) is 13.5. The van der Waals surface area contributed by atoms with Gasteiger partial charge in [-0.3, -0.25) is 4.90 Å². The van der Waals surface area contributed by atoms with Crippen LogP contribution in [0.4, 0.5) is 4.79 Å². The molecule has 0 bridgehead atoms. The maximum atomic E-state index is 13.2. The zero-order valence-electron chi connectivity index (χ0n) is 22.2. The molecule has 1 amide bonds. The predicted molar refractivity (Wildman–Crippen MR) is 140 cm³/mol. The summed E-state index contributed by atoms with van der Waals surface area (Å²) in [5.41, 5.74) is 1.47.